The fourth-order valence-electron chi connectivity index (χ4n) is 3.41. The number of methoxy groups -OCH3 is 2. The summed E-state index contributed by atoms with van der Waals surface area (Å²) in [5, 5.41) is 5.46. The zero-order chi connectivity index (χ0) is 22.1. The fourth-order valence-corrected chi connectivity index (χ4v) is 4.59. The number of hydrogen-bond acceptors (Lipinski definition) is 5. The Morgan fingerprint density at radius 2 is 1.87 bits per heavy atom. The number of aryl methyl sites for hydroxylation is 1. The Hall–Kier alpha value is -3.39. The standard InChI is InChI=1S/C23H22FN3O3S/c1-14-19-12-21(31-23(19)27(25-14)17-8-6-16(24)7-9-17)22(28)26(2)13-15-5-10-18(29-3)11-20(15)30-4/h5-12H,13H2,1-4H3. The van der Waals surface area contributed by atoms with E-state index in [1.165, 1.54) is 23.5 Å². The van der Waals surface area contributed by atoms with E-state index in [-0.39, 0.29) is 11.7 Å². The lowest BCUT2D eigenvalue weighted by Crippen LogP contribution is -2.25. The van der Waals surface area contributed by atoms with Gasteiger partial charge in [-0.2, -0.15) is 5.10 Å². The number of thiophene rings is 1. The van der Waals surface area contributed by atoms with Crippen LogP contribution in [0.25, 0.3) is 15.9 Å². The quantitative estimate of drug-likeness (QED) is 0.432. The molecule has 0 aliphatic carbocycles. The van der Waals surface area contributed by atoms with Crippen LogP contribution in [0, 0.1) is 12.7 Å². The molecule has 0 N–H and O–H groups in total. The summed E-state index contributed by atoms with van der Waals surface area (Å²) in [5.41, 5.74) is 2.44. The minimum atomic E-state index is -0.304. The molecule has 0 saturated carbocycles. The van der Waals surface area contributed by atoms with E-state index in [0.717, 1.165) is 27.2 Å². The maximum Gasteiger partial charge on any atom is 0.264 e. The molecule has 0 spiro atoms. The second-order valence-corrected chi connectivity index (χ2v) is 8.17. The summed E-state index contributed by atoms with van der Waals surface area (Å²) >= 11 is 1.37. The Balaban J connectivity index is 1.62. The number of aromatic nitrogens is 2. The van der Waals surface area contributed by atoms with Crippen LogP contribution in [0.5, 0.6) is 11.5 Å². The van der Waals surface area contributed by atoms with Crippen molar-refractivity contribution in [3.63, 3.8) is 0 Å². The zero-order valence-electron chi connectivity index (χ0n) is 17.7. The summed E-state index contributed by atoms with van der Waals surface area (Å²) < 4.78 is 25.7. The van der Waals surface area contributed by atoms with Gasteiger partial charge in [0, 0.05) is 30.6 Å². The van der Waals surface area contributed by atoms with Gasteiger partial charge in [0.05, 0.1) is 30.5 Å². The van der Waals surface area contributed by atoms with Crippen LogP contribution in [0.1, 0.15) is 20.9 Å². The first-order valence-corrected chi connectivity index (χ1v) is 10.4. The van der Waals surface area contributed by atoms with Gasteiger partial charge in [0.15, 0.2) is 0 Å². The van der Waals surface area contributed by atoms with Crippen LogP contribution in [-0.4, -0.2) is 41.9 Å². The number of ether oxygens (including phenoxy) is 2. The van der Waals surface area contributed by atoms with Gasteiger partial charge in [0.1, 0.15) is 22.1 Å². The average molecular weight is 440 g/mol. The highest BCUT2D eigenvalue weighted by molar-refractivity contribution is 7.20. The molecule has 0 atom stereocenters. The number of benzene rings is 2. The highest BCUT2D eigenvalue weighted by Crippen LogP contribution is 2.32. The molecule has 4 rings (SSSR count). The van der Waals surface area contributed by atoms with Gasteiger partial charge in [-0.05, 0) is 49.4 Å². The minimum absolute atomic E-state index is 0.0934. The van der Waals surface area contributed by atoms with Gasteiger partial charge in [-0.15, -0.1) is 11.3 Å². The van der Waals surface area contributed by atoms with E-state index in [2.05, 4.69) is 5.10 Å². The predicted molar refractivity (Wildman–Crippen MR) is 119 cm³/mol. The molecule has 0 aliphatic rings. The Morgan fingerprint density at radius 3 is 2.55 bits per heavy atom. The van der Waals surface area contributed by atoms with Crippen molar-refractivity contribution in [2.75, 3.05) is 21.3 Å². The highest BCUT2D eigenvalue weighted by Gasteiger charge is 2.20. The number of carbonyl (C=O) groups excluding carboxylic acids is 1. The molecule has 8 heteroatoms. The van der Waals surface area contributed by atoms with E-state index < -0.39 is 0 Å². The molecule has 0 saturated heterocycles. The van der Waals surface area contributed by atoms with Crippen LogP contribution in [0.4, 0.5) is 4.39 Å². The molecule has 0 bridgehead atoms. The molecule has 160 valence electrons. The number of hydrogen-bond donors (Lipinski definition) is 0. The lowest BCUT2D eigenvalue weighted by atomic mass is 10.1. The first kappa shape index (κ1) is 20.9. The molecule has 6 nitrogen and oxygen atoms in total. The van der Waals surface area contributed by atoms with Gasteiger partial charge in [-0.1, -0.05) is 0 Å². The van der Waals surface area contributed by atoms with E-state index in [1.54, 1.807) is 49.0 Å². The second-order valence-electron chi connectivity index (χ2n) is 7.14. The van der Waals surface area contributed by atoms with Gasteiger partial charge in [0.2, 0.25) is 0 Å². The minimum Gasteiger partial charge on any atom is -0.497 e. The number of carbonyl (C=O) groups is 1. The van der Waals surface area contributed by atoms with E-state index in [0.29, 0.717) is 22.9 Å². The fraction of sp³-hybridized carbons (Fsp3) is 0.217. The van der Waals surface area contributed by atoms with Gasteiger partial charge in [-0.3, -0.25) is 4.79 Å². The van der Waals surface area contributed by atoms with Gasteiger partial charge in [-0.25, -0.2) is 9.07 Å². The lowest BCUT2D eigenvalue weighted by Gasteiger charge is -2.18. The van der Waals surface area contributed by atoms with Crippen molar-refractivity contribution in [3.8, 4) is 17.2 Å². The molecule has 1 amide bonds. The Morgan fingerprint density at radius 1 is 1.13 bits per heavy atom. The van der Waals surface area contributed by atoms with Crippen LogP contribution in [-0.2, 0) is 6.54 Å². The van der Waals surface area contributed by atoms with Gasteiger partial charge < -0.3 is 14.4 Å². The lowest BCUT2D eigenvalue weighted by molar-refractivity contribution is 0.0789. The summed E-state index contributed by atoms with van der Waals surface area (Å²) in [6.07, 6.45) is 0. The second kappa shape index (κ2) is 8.39. The molecule has 4 aromatic rings. The maximum atomic E-state index is 13.3. The van der Waals surface area contributed by atoms with Gasteiger partial charge in [0.25, 0.3) is 5.91 Å². The molecular formula is C23H22FN3O3S. The third-order valence-corrected chi connectivity index (χ3v) is 6.17. The molecule has 2 aromatic carbocycles. The zero-order valence-corrected chi connectivity index (χ0v) is 18.5. The van der Waals surface area contributed by atoms with Gasteiger partial charge >= 0.3 is 0 Å². The molecule has 31 heavy (non-hydrogen) atoms. The average Bonchev–Trinajstić information content (AvgIpc) is 3.34. The topological polar surface area (TPSA) is 56.6 Å². The molecular weight excluding hydrogens is 417 g/mol. The first-order chi connectivity index (χ1) is 14.9. The Kier molecular flexibility index (Phi) is 5.65. The molecule has 2 heterocycles. The van der Waals surface area contributed by atoms with Crippen LogP contribution in [0.2, 0.25) is 0 Å². The van der Waals surface area contributed by atoms with Crippen molar-refractivity contribution in [3.05, 3.63) is 70.5 Å². The molecule has 0 aliphatic heterocycles. The van der Waals surface area contributed by atoms with Crippen molar-refractivity contribution >= 4 is 27.5 Å². The summed E-state index contributed by atoms with van der Waals surface area (Å²) in [7, 11) is 4.95. The summed E-state index contributed by atoms with van der Waals surface area (Å²) in [5.74, 6) is 0.962. The van der Waals surface area contributed by atoms with E-state index in [4.69, 9.17) is 9.47 Å². The number of fused-ring (bicyclic) bond motifs is 1. The smallest absolute Gasteiger partial charge is 0.264 e. The highest BCUT2D eigenvalue weighted by atomic mass is 32.1. The Labute approximate surface area is 183 Å². The Bertz CT molecular complexity index is 1250. The SMILES string of the molecule is COc1ccc(CN(C)C(=O)c2cc3c(C)nn(-c4ccc(F)cc4)c3s2)c(OC)c1. The largest absolute Gasteiger partial charge is 0.497 e. The van der Waals surface area contributed by atoms with Crippen LogP contribution < -0.4 is 9.47 Å². The number of nitrogens with zero attached hydrogens (tertiary/aromatic N) is 3. The summed E-state index contributed by atoms with van der Waals surface area (Å²) in [4.78, 5) is 16.2. The third kappa shape index (κ3) is 3.98. The summed E-state index contributed by atoms with van der Waals surface area (Å²) in [6, 6.07) is 13.5. The predicted octanol–water partition coefficient (Wildman–Crippen LogP) is 4.82. The third-order valence-electron chi connectivity index (χ3n) is 5.08. The number of amides is 1. The van der Waals surface area contributed by atoms with Crippen LogP contribution in [0.15, 0.2) is 48.5 Å². The number of rotatable bonds is 6. The molecule has 0 fully saturated rings. The van der Waals surface area contributed by atoms with E-state index in [1.807, 2.05) is 25.1 Å². The van der Waals surface area contributed by atoms with Crippen molar-refractivity contribution < 1.29 is 18.7 Å². The van der Waals surface area contributed by atoms with Crippen LogP contribution >= 0.6 is 11.3 Å². The van der Waals surface area contributed by atoms with Crippen molar-refractivity contribution in [1.82, 2.24) is 14.7 Å². The van der Waals surface area contributed by atoms with Crippen molar-refractivity contribution in [1.29, 1.82) is 0 Å². The van der Waals surface area contributed by atoms with Crippen LogP contribution in [0.3, 0.4) is 0 Å². The molecule has 2 aromatic heterocycles. The first-order valence-electron chi connectivity index (χ1n) is 9.62. The molecule has 0 radical (unpaired) electrons. The maximum absolute atomic E-state index is 13.3. The normalized spacial score (nSPS) is 11.0. The summed E-state index contributed by atoms with van der Waals surface area (Å²) in [6.45, 7) is 2.29. The monoisotopic (exact) mass is 439 g/mol. The molecule has 0 unspecified atom stereocenters. The van der Waals surface area contributed by atoms with Crippen molar-refractivity contribution in [2.45, 2.75) is 13.5 Å². The van der Waals surface area contributed by atoms with E-state index >= 15 is 0 Å². The van der Waals surface area contributed by atoms with Crippen molar-refractivity contribution in [2.24, 2.45) is 0 Å². The van der Waals surface area contributed by atoms with E-state index in [9.17, 15) is 9.18 Å². The number of halogens is 1.